The third-order valence-electron chi connectivity index (χ3n) is 5.33. The van der Waals surface area contributed by atoms with Crippen molar-refractivity contribution in [1.82, 2.24) is 8.87 Å². The van der Waals surface area contributed by atoms with Crippen molar-refractivity contribution < 1.29 is 22.7 Å². The van der Waals surface area contributed by atoms with Crippen molar-refractivity contribution in [2.24, 2.45) is 4.99 Å². The number of carbonyl (C=O) groups excluding carboxylic acids is 1. The Morgan fingerprint density at radius 2 is 1.82 bits per heavy atom. The summed E-state index contributed by atoms with van der Waals surface area (Å²) in [5.41, 5.74) is 1.14. The van der Waals surface area contributed by atoms with Crippen molar-refractivity contribution >= 4 is 37.5 Å². The van der Waals surface area contributed by atoms with Crippen molar-refractivity contribution in [3.05, 3.63) is 59.4 Å². The van der Waals surface area contributed by atoms with Crippen molar-refractivity contribution in [3.63, 3.8) is 0 Å². The van der Waals surface area contributed by atoms with Crippen LogP contribution in [0, 0.1) is 0 Å². The summed E-state index contributed by atoms with van der Waals surface area (Å²) in [6.07, 6.45) is 3.40. The lowest BCUT2D eigenvalue weighted by molar-refractivity contribution is 0.0997. The van der Waals surface area contributed by atoms with Crippen LogP contribution in [0.4, 0.5) is 0 Å². The summed E-state index contributed by atoms with van der Waals surface area (Å²) in [4.78, 5) is 17.9. The van der Waals surface area contributed by atoms with Gasteiger partial charge in [0, 0.05) is 37.8 Å². The first-order chi connectivity index (χ1) is 16.3. The molecule has 2 aromatic carbocycles. The van der Waals surface area contributed by atoms with Crippen LogP contribution in [0.25, 0.3) is 10.2 Å². The van der Waals surface area contributed by atoms with Crippen molar-refractivity contribution in [3.8, 4) is 11.5 Å². The highest BCUT2D eigenvalue weighted by Gasteiger charge is 2.20. The van der Waals surface area contributed by atoms with E-state index in [4.69, 9.17) is 9.47 Å². The molecule has 10 heteroatoms. The summed E-state index contributed by atoms with van der Waals surface area (Å²) >= 11 is 1.34. The van der Waals surface area contributed by atoms with Gasteiger partial charge < -0.3 is 14.0 Å². The van der Waals surface area contributed by atoms with Crippen molar-refractivity contribution in [1.29, 1.82) is 0 Å². The van der Waals surface area contributed by atoms with Crippen LogP contribution in [0.5, 0.6) is 11.5 Å². The number of unbranched alkanes of at least 4 members (excludes halogenated alkanes) is 1. The Morgan fingerprint density at radius 1 is 1.18 bits per heavy atom. The maximum absolute atomic E-state index is 12.9. The molecule has 0 atom stereocenters. The van der Waals surface area contributed by atoms with Crippen LogP contribution < -0.4 is 14.3 Å². The number of fused-ring (bicyclic) bond motifs is 1. The van der Waals surface area contributed by atoms with Crippen LogP contribution in [0.2, 0.25) is 0 Å². The van der Waals surface area contributed by atoms with E-state index < -0.39 is 15.9 Å². The zero-order chi connectivity index (χ0) is 24.9. The van der Waals surface area contributed by atoms with E-state index in [-0.39, 0.29) is 4.90 Å². The van der Waals surface area contributed by atoms with Crippen LogP contribution in [0.1, 0.15) is 30.1 Å². The number of allylic oxidation sites excluding steroid dienone is 1. The first-order valence-corrected chi connectivity index (χ1v) is 13.0. The number of amides is 1. The number of ether oxygens (including phenoxy) is 2. The number of hydrogen-bond donors (Lipinski definition) is 0. The van der Waals surface area contributed by atoms with E-state index >= 15 is 0 Å². The zero-order valence-corrected chi connectivity index (χ0v) is 21.4. The molecule has 0 bridgehead atoms. The Hall–Kier alpha value is -2.95. The SMILES string of the molecule is C=CCn1c(=NC(=O)c2ccc(S(=O)(=O)N(C)CCCC)cc2)sc2cc(OC)c(OC)cc21. The van der Waals surface area contributed by atoms with Gasteiger partial charge in [-0.25, -0.2) is 12.7 Å². The molecular formula is C24H29N3O5S2. The summed E-state index contributed by atoms with van der Waals surface area (Å²) in [7, 11) is 1.08. The summed E-state index contributed by atoms with van der Waals surface area (Å²) < 4.78 is 40.3. The van der Waals surface area contributed by atoms with Crippen LogP contribution >= 0.6 is 11.3 Å². The highest BCUT2D eigenvalue weighted by molar-refractivity contribution is 7.89. The van der Waals surface area contributed by atoms with E-state index in [0.717, 1.165) is 23.1 Å². The van der Waals surface area contributed by atoms with Crippen LogP contribution in [0.3, 0.4) is 0 Å². The third kappa shape index (κ3) is 5.24. The molecule has 3 rings (SSSR count). The first-order valence-electron chi connectivity index (χ1n) is 10.8. The zero-order valence-electron chi connectivity index (χ0n) is 19.8. The van der Waals surface area contributed by atoms with E-state index in [0.29, 0.717) is 35.0 Å². The smallest absolute Gasteiger partial charge is 0.279 e. The molecule has 3 aromatic rings. The second-order valence-electron chi connectivity index (χ2n) is 7.58. The van der Waals surface area contributed by atoms with Crippen LogP contribution in [-0.4, -0.2) is 51.0 Å². The van der Waals surface area contributed by atoms with Crippen molar-refractivity contribution in [2.45, 2.75) is 31.2 Å². The number of thiazole rings is 1. The summed E-state index contributed by atoms with van der Waals surface area (Å²) in [5, 5.41) is 0. The van der Waals surface area contributed by atoms with E-state index in [1.165, 1.54) is 39.9 Å². The highest BCUT2D eigenvalue weighted by Crippen LogP contribution is 2.33. The topological polar surface area (TPSA) is 90.2 Å². The molecule has 0 saturated carbocycles. The maximum Gasteiger partial charge on any atom is 0.279 e. The highest BCUT2D eigenvalue weighted by atomic mass is 32.2. The van der Waals surface area contributed by atoms with E-state index in [1.54, 1.807) is 27.3 Å². The largest absolute Gasteiger partial charge is 0.493 e. The molecule has 0 saturated heterocycles. The van der Waals surface area contributed by atoms with Gasteiger partial charge in [-0.1, -0.05) is 30.8 Å². The normalized spacial score (nSPS) is 12.3. The maximum atomic E-state index is 12.9. The second kappa shape index (κ2) is 11.0. The molecule has 1 heterocycles. The Bertz CT molecular complexity index is 1360. The second-order valence-corrected chi connectivity index (χ2v) is 10.6. The molecule has 0 aliphatic heterocycles. The average molecular weight is 504 g/mol. The fourth-order valence-corrected chi connectivity index (χ4v) is 5.65. The van der Waals surface area contributed by atoms with Gasteiger partial charge >= 0.3 is 0 Å². The Morgan fingerprint density at radius 3 is 2.41 bits per heavy atom. The summed E-state index contributed by atoms with van der Waals surface area (Å²) in [6.45, 7) is 6.70. The van der Waals surface area contributed by atoms with Gasteiger partial charge in [-0.15, -0.1) is 6.58 Å². The molecule has 0 spiro atoms. The van der Waals surface area contributed by atoms with Gasteiger partial charge in [0.2, 0.25) is 10.0 Å². The number of hydrogen-bond acceptors (Lipinski definition) is 6. The van der Waals surface area contributed by atoms with Gasteiger partial charge in [-0.3, -0.25) is 4.79 Å². The van der Waals surface area contributed by atoms with Gasteiger partial charge in [0.1, 0.15) is 0 Å². The number of benzene rings is 2. The van der Waals surface area contributed by atoms with E-state index in [1.807, 2.05) is 23.6 Å². The molecule has 1 aromatic heterocycles. The number of aromatic nitrogens is 1. The molecule has 0 radical (unpaired) electrons. The summed E-state index contributed by atoms with van der Waals surface area (Å²) in [5.74, 6) is 0.691. The van der Waals surface area contributed by atoms with E-state index in [2.05, 4.69) is 11.6 Å². The van der Waals surface area contributed by atoms with E-state index in [9.17, 15) is 13.2 Å². The molecule has 8 nitrogen and oxygen atoms in total. The lowest BCUT2D eigenvalue weighted by Gasteiger charge is -2.16. The van der Waals surface area contributed by atoms with Gasteiger partial charge in [0.25, 0.3) is 5.91 Å². The third-order valence-corrected chi connectivity index (χ3v) is 8.25. The quantitative estimate of drug-likeness (QED) is 0.389. The summed E-state index contributed by atoms with van der Waals surface area (Å²) in [6, 6.07) is 9.55. The fourth-order valence-electron chi connectivity index (χ4n) is 3.39. The molecule has 0 fully saturated rings. The molecule has 34 heavy (non-hydrogen) atoms. The molecule has 1 amide bonds. The minimum atomic E-state index is -3.60. The molecule has 182 valence electrons. The van der Waals surface area contributed by atoms with Gasteiger partial charge in [0.05, 0.1) is 29.3 Å². The number of nitrogens with zero attached hydrogens (tertiary/aromatic N) is 3. The molecule has 0 aliphatic rings. The molecule has 0 N–H and O–H groups in total. The van der Waals surface area contributed by atoms with Crippen molar-refractivity contribution in [2.75, 3.05) is 27.8 Å². The number of methoxy groups -OCH3 is 2. The minimum absolute atomic E-state index is 0.144. The monoisotopic (exact) mass is 503 g/mol. The van der Waals surface area contributed by atoms with Crippen LogP contribution in [-0.2, 0) is 16.6 Å². The predicted octanol–water partition coefficient (Wildman–Crippen LogP) is 4.07. The minimum Gasteiger partial charge on any atom is -0.493 e. The van der Waals surface area contributed by atoms with Crippen LogP contribution in [0.15, 0.2) is 58.9 Å². The number of carbonyl (C=O) groups is 1. The predicted molar refractivity (Wildman–Crippen MR) is 134 cm³/mol. The Labute approximate surface area is 203 Å². The molecule has 0 aliphatic carbocycles. The van der Waals surface area contributed by atoms with Gasteiger partial charge in [-0.2, -0.15) is 4.99 Å². The number of sulfonamides is 1. The first kappa shape index (κ1) is 25.7. The van der Waals surface area contributed by atoms with Gasteiger partial charge in [-0.05, 0) is 30.7 Å². The lowest BCUT2D eigenvalue weighted by atomic mass is 10.2. The average Bonchev–Trinajstić information content (AvgIpc) is 3.17. The fraction of sp³-hybridized carbons (Fsp3) is 0.333. The lowest BCUT2D eigenvalue weighted by Crippen LogP contribution is -2.27. The molecular weight excluding hydrogens is 474 g/mol. The molecule has 0 unspecified atom stereocenters. The Balaban J connectivity index is 1.98. The number of rotatable bonds is 10. The Kier molecular flexibility index (Phi) is 8.29. The standard InChI is InChI=1S/C24H29N3O5S2/c1-6-8-14-26(3)34(29,30)18-11-9-17(10-12-18)23(28)25-24-27(13-7-2)19-15-20(31-4)21(32-5)16-22(19)33-24/h7,9-12,15-16H,2,6,8,13-14H2,1,3-5H3. The van der Waals surface area contributed by atoms with Gasteiger partial charge in [0.15, 0.2) is 16.3 Å².